The van der Waals surface area contributed by atoms with Crippen molar-refractivity contribution in [3.8, 4) is 0 Å². The van der Waals surface area contributed by atoms with Gasteiger partial charge in [-0.25, -0.2) is 9.18 Å². The van der Waals surface area contributed by atoms with E-state index in [1.807, 2.05) is 28.3 Å². The van der Waals surface area contributed by atoms with Gasteiger partial charge in [-0.05, 0) is 35.2 Å². The van der Waals surface area contributed by atoms with Gasteiger partial charge in [0.1, 0.15) is 11.9 Å². The average molecular weight is 484 g/mol. The highest BCUT2D eigenvalue weighted by molar-refractivity contribution is 7.09. The fraction of sp³-hybridized carbons (Fsp3) is 0.286. The predicted molar refractivity (Wildman–Crippen MR) is 112 cm³/mol. The van der Waals surface area contributed by atoms with Gasteiger partial charge in [-0.3, -0.25) is 14.4 Å². The molecule has 1 amide bonds. The standard InChI is InChI=1S/C19H19FN4OS.C2HF3O2/c20-15-5-3-14(4-6-15)11-23-12-16-7-8-22-24(16)18(13-23)19(25)21-10-17-2-1-9-26-17;3-2(4,5)1(6)7/h1-9,18H,10-13H2,(H,21,25);(H,6,7). The molecule has 0 aliphatic carbocycles. The Hall–Kier alpha value is -3.25. The van der Waals surface area contributed by atoms with Crippen LogP contribution in [-0.4, -0.2) is 44.4 Å². The molecule has 33 heavy (non-hydrogen) atoms. The molecule has 2 N–H and O–H groups in total. The van der Waals surface area contributed by atoms with Crippen LogP contribution in [0.1, 0.15) is 22.2 Å². The van der Waals surface area contributed by atoms with Crippen molar-refractivity contribution in [3.63, 3.8) is 0 Å². The van der Waals surface area contributed by atoms with E-state index in [1.165, 1.54) is 12.1 Å². The molecule has 0 spiro atoms. The Kier molecular flexibility index (Phi) is 7.82. The normalized spacial score (nSPS) is 15.8. The summed E-state index contributed by atoms with van der Waals surface area (Å²) in [4.78, 5) is 25.0. The van der Waals surface area contributed by atoms with E-state index >= 15 is 0 Å². The number of aromatic nitrogens is 2. The molecule has 12 heteroatoms. The van der Waals surface area contributed by atoms with E-state index in [4.69, 9.17) is 9.90 Å². The summed E-state index contributed by atoms with van der Waals surface area (Å²) in [5.74, 6) is -3.03. The first kappa shape index (κ1) is 24.4. The second-order valence-electron chi connectivity index (χ2n) is 7.18. The molecule has 1 aliphatic heterocycles. The molecule has 3 heterocycles. The quantitative estimate of drug-likeness (QED) is 0.541. The number of carboxylic acid groups (broad SMARTS) is 1. The molecule has 1 unspecified atom stereocenters. The van der Waals surface area contributed by atoms with Crippen molar-refractivity contribution in [2.45, 2.75) is 31.9 Å². The number of rotatable bonds is 5. The van der Waals surface area contributed by atoms with Gasteiger partial charge < -0.3 is 10.4 Å². The van der Waals surface area contributed by atoms with E-state index in [2.05, 4.69) is 15.3 Å². The Labute approximate surface area is 190 Å². The lowest BCUT2D eigenvalue weighted by molar-refractivity contribution is -0.192. The van der Waals surface area contributed by atoms with Crippen LogP contribution >= 0.6 is 11.3 Å². The van der Waals surface area contributed by atoms with Gasteiger partial charge in [0.15, 0.2) is 0 Å². The number of nitrogens with zero attached hydrogens (tertiary/aromatic N) is 3. The highest BCUT2D eigenvalue weighted by Gasteiger charge is 2.38. The Balaban J connectivity index is 0.000000383. The maximum atomic E-state index is 13.1. The predicted octanol–water partition coefficient (Wildman–Crippen LogP) is 3.59. The van der Waals surface area contributed by atoms with Crippen LogP contribution in [0.3, 0.4) is 0 Å². The number of carboxylic acids is 1. The first-order chi connectivity index (χ1) is 15.6. The molecule has 0 saturated carbocycles. The molecule has 0 saturated heterocycles. The van der Waals surface area contributed by atoms with Gasteiger partial charge in [0, 0.05) is 30.7 Å². The Morgan fingerprint density at radius 3 is 2.48 bits per heavy atom. The van der Waals surface area contributed by atoms with Crippen molar-refractivity contribution in [1.29, 1.82) is 0 Å². The molecule has 1 atom stereocenters. The zero-order valence-electron chi connectivity index (χ0n) is 17.1. The third kappa shape index (κ3) is 6.86. The minimum absolute atomic E-state index is 0.0350. The van der Waals surface area contributed by atoms with Crippen molar-refractivity contribution in [3.05, 3.63) is 76.0 Å². The Bertz CT molecular complexity index is 1070. The minimum Gasteiger partial charge on any atom is -0.475 e. The van der Waals surface area contributed by atoms with Crippen molar-refractivity contribution in [1.82, 2.24) is 20.0 Å². The summed E-state index contributed by atoms with van der Waals surface area (Å²) < 4.78 is 46.7. The molecule has 1 aromatic carbocycles. The van der Waals surface area contributed by atoms with Crippen LogP contribution in [0.25, 0.3) is 0 Å². The second kappa shape index (κ2) is 10.6. The van der Waals surface area contributed by atoms with Gasteiger partial charge in [-0.1, -0.05) is 18.2 Å². The van der Waals surface area contributed by atoms with Crippen LogP contribution in [0.15, 0.2) is 54.0 Å². The molecule has 0 bridgehead atoms. The van der Waals surface area contributed by atoms with E-state index in [9.17, 15) is 22.4 Å². The third-order valence-corrected chi connectivity index (χ3v) is 5.62. The molecule has 2 aromatic heterocycles. The molecule has 0 radical (unpaired) electrons. The van der Waals surface area contributed by atoms with Gasteiger partial charge in [-0.15, -0.1) is 11.3 Å². The lowest BCUT2D eigenvalue weighted by Gasteiger charge is -2.33. The van der Waals surface area contributed by atoms with Gasteiger partial charge in [0.2, 0.25) is 5.91 Å². The smallest absolute Gasteiger partial charge is 0.475 e. The SMILES string of the molecule is O=C(NCc1cccs1)C1CN(Cc2ccc(F)cc2)Cc2ccnn21.O=C(O)C(F)(F)F. The largest absolute Gasteiger partial charge is 0.490 e. The van der Waals surface area contributed by atoms with E-state index in [0.717, 1.165) is 16.1 Å². The first-order valence-electron chi connectivity index (χ1n) is 9.73. The number of thiophene rings is 1. The summed E-state index contributed by atoms with van der Waals surface area (Å²) in [6.45, 7) is 2.48. The van der Waals surface area contributed by atoms with Gasteiger partial charge in [0.25, 0.3) is 0 Å². The molecule has 7 nitrogen and oxygen atoms in total. The summed E-state index contributed by atoms with van der Waals surface area (Å²) in [5, 5.41) is 16.5. The van der Waals surface area contributed by atoms with Crippen LogP contribution in [-0.2, 0) is 29.2 Å². The number of amides is 1. The summed E-state index contributed by atoms with van der Waals surface area (Å²) in [6.07, 6.45) is -3.35. The van der Waals surface area contributed by atoms with Crippen LogP contribution in [0.5, 0.6) is 0 Å². The molecule has 0 fully saturated rings. The minimum atomic E-state index is -5.08. The number of fused-ring (bicyclic) bond motifs is 1. The second-order valence-corrected chi connectivity index (χ2v) is 8.21. The molecular formula is C21H20F4N4O3S. The number of hydrogen-bond donors (Lipinski definition) is 2. The number of alkyl halides is 3. The van der Waals surface area contributed by atoms with Crippen molar-refractivity contribution < 1.29 is 32.3 Å². The van der Waals surface area contributed by atoms with Crippen molar-refractivity contribution in [2.24, 2.45) is 0 Å². The molecule has 1 aliphatic rings. The summed E-state index contributed by atoms with van der Waals surface area (Å²) >= 11 is 1.62. The maximum Gasteiger partial charge on any atom is 0.490 e. The van der Waals surface area contributed by atoms with Gasteiger partial charge >= 0.3 is 12.1 Å². The molecule has 4 rings (SSSR count). The highest BCUT2D eigenvalue weighted by atomic mass is 32.1. The molecular weight excluding hydrogens is 464 g/mol. The van der Waals surface area contributed by atoms with E-state index < -0.39 is 12.1 Å². The van der Waals surface area contributed by atoms with E-state index in [-0.39, 0.29) is 17.8 Å². The monoisotopic (exact) mass is 484 g/mol. The number of aliphatic carboxylic acids is 1. The topological polar surface area (TPSA) is 87.5 Å². The van der Waals surface area contributed by atoms with Gasteiger partial charge in [-0.2, -0.15) is 18.3 Å². The van der Waals surface area contributed by atoms with E-state index in [1.54, 1.807) is 29.7 Å². The number of benzene rings is 1. The average Bonchev–Trinajstić information content (AvgIpc) is 3.44. The van der Waals surface area contributed by atoms with Gasteiger partial charge in [0.05, 0.1) is 12.2 Å². The zero-order valence-corrected chi connectivity index (χ0v) is 17.9. The first-order valence-corrected chi connectivity index (χ1v) is 10.6. The number of halogens is 4. The fourth-order valence-electron chi connectivity index (χ4n) is 3.23. The van der Waals surface area contributed by atoms with Crippen LogP contribution in [0.2, 0.25) is 0 Å². The Morgan fingerprint density at radius 1 is 1.18 bits per heavy atom. The lowest BCUT2D eigenvalue weighted by Crippen LogP contribution is -2.44. The number of nitrogens with one attached hydrogen (secondary N) is 1. The van der Waals surface area contributed by atoms with Crippen LogP contribution in [0, 0.1) is 5.82 Å². The maximum absolute atomic E-state index is 13.1. The number of carbonyl (C=O) groups excluding carboxylic acids is 1. The van der Waals surface area contributed by atoms with Crippen molar-refractivity contribution >= 4 is 23.2 Å². The molecule has 176 valence electrons. The van der Waals surface area contributed by atoms with Crippen LogP contribution in [0.4, 0.5) is 17.6 Å². The number of carbonyl (C=O) groups is 2. The fourth-order valence-corrected chi connectivity index (χ4v) is 3.88. The lowest BCUT2D eigenvalue weighted by atomic mass is 10.1. The Morgan fingerprint density at radius 2 is 1.88 bits per heavy atom. The summed E-state index contributed by atoms with van der Waals surface area (Å²) in [6, 6.07) is 12.1. The molecule has 3 aromatic rings. The summed E-state index contributed by atoms with van der Waals surface area (Å²) in [5.41, 5.74) is 2.03. The van der Waals surface area contributed by atoms with Crippen LogP contribution < -0.4 is 5.32 Å². The van der Waals surface area contributed by atoms with E-state index in [0.29, 0.717) is 26.2 Å². The number of hydrogen-bond acceptors (Lipinski definition) is 5. The van der Waals surface area contributed by atoms with Crippen molar-refractivity contribution in [2.75, 3.05) is 6.54 Å². The third-order valence-electron chi connectivity index (χ3n) is 4.75. The highest BCUT2D eigenvalue weighted by Crippen LogP contribution is 2.22. The summed E-state index contributed by atoms with van der Waals surface area (Å²) in [7, 11) is 0. The zero-order chi connectivity index (χ0) is 24.0.